The van der Waals surface area contributed by atoms with Crippen LogP contribution in [-0.2, 0) is 28.6 Å². The number of carbonyl (C=O) groups excluding carboxylic acids is 3. The zero-order chi connectivity index (χ0) is 29.1. The molecule has 0 heterocycles. The zero-order valence-corrected chi connectivity index (χ0v) is 26.7. The third-order valence-electron chi connectivity index (χ3n) is 5.66. The van der Waals surface area contributed by atoms with Gasteiger partial charge < -0.3 is 28.9 Å². The molecule has 0 aromatic heterocycles. The van der Waals surface area contributed by atoms with Gasteiger partial charge in [-0.05, 0) is 81.4 Å². The maximum atomic E-state index is 12.2. The highest BCUT2D eigenvalue weighted by Gasteiger charge is 2.27. The average molecular weight is 610 g/mol. The molecule has 0 radical (unpaired) electrons. The smallest absolute Gasteiger partial charge is 0.322 e. The molecule has 0 aliphatic heterocycles. The number of carbonyl (C=O) groups is 3. The Morgan fingerprint density at radius 1 is 0.763 bits per heavy atom. The second kappa shape index (κ2) is 20.6. The van der Waals surface area contributed by atoms with Crippen LogP contribution in [0.5, 0.6) is 0 Å². The molecule has 1 atom stereocenters. The Morgan fingerprint density at radius 2 is 1.24 bits per heavy atom. The van der Waals surface area contributed by atoms with Gasteiger partial charge in [0.2, 0.25) is 0 Å². The van der Waals surface area contributed by atoms with Gasteiger partial charge in [-0.15, -0.1) is 0 Å². The lowest BCUT2D eigenvalue weighted by molar-refractivity contribution is -0.151. The van der Waals surface area contributed by atoms with E-state index in [4.69, 9.17) is 14.2 Å². The Bertz CT molecular complexity index is 642. The van der Waals surface area contributed by atoms with Gasteiger partial charge in [-0.2, -0.15) is 0 Å². The Hall–Kier alpha value is -1.27. The molecule has 10 nitrogen and oxygen atoms in total. The molecule has 0 aromatic rings. The summed E-state index contributed by atoms with van der Waals surface area (Å²) in [7, 11) is 7.73. The largest absolute Gasteiger partial charge is 0.464 e. The molecule has 0 saturated carbocycles. The third kappa shape index (κ3) is 20.7. The fourth-order valence-electron chi connectivity index (χ4n) is 3.51. The summed E-state index contributed by atoms with van der Waals surface area (Å²) in [6.45, 7) is 13.8. The van der Waals surface area contributed by atoms with Crippen molar-refractivity contribution in [1.82, 2.24) is 19.6 Å². The lowest BCUT2D eigenvalue weighted by Crippen LogP contribution is -2.39. The van der Waals surface area contributed by atoms with Crippen molar-refractivity contribution in [1.29, 1.82) is 0 Å². The highest BCUT2D eigenvalue weighted by Crippen LogP contribution is 2.18. The van der Waals surface area contributed by atoms with Crippen LogP contribution in [0.1, 0.15) is 53.4 Å². The molecule has 38 heavy (non-hydrogen) atoms. The van der Waals surface area contributed by atoms with E-state index < -0.39 is 4.32 Å². The Labute approximate surface area is 239 Å². The normalized spacial score (nSPS) is 12.9. The zero-order valence-electron chi connectivity index (χ0n) is 25.1. The molecule has 0 rings (SSSR count). The maximum absolute atomic E-state index is 12.2. The van der Waals surface area contributed by atoms with Gasteiger partial charge in [0.25, 0.3) is 0 Å². The van der Waals surface area contributed by atoms with E-state index in [9.17, 15) is 14.4 Å². The number of esters is 3. The molecule has 0 fully saturated rings. The van der Waals surface area contributed by atoms with E-state index >= 15 is 0 Å². The maximum Gasteiger partial charge on any atom is 0.322 e. The van der Waals surface area contributed by atoms with Gasteiger partial charge in [0, 0.05) is 32.7 Å². The van der Waals surface area contributed by atoms with Gasteiger partial charge in [0.1, 0.15) is 23.6 Å². The van der Waals surface area contributed by atoms with Gasteiger partial charge in [-0.25, -0.2) is 0 Å². The van der Waals surface area contributed by atoms with Gasteiger partial charge in [0.05, 0.1) is 12.8 Å². The van der Waals surface area contributed by atoms with Crippen LogP contribution >= 0.6 is 15.9 Å². The SMILES string of the molecule is CCCN(CCCN(CCC(=O)OCCN(C)C)CCC(=O)OCCN(C)C)CC(C)OC(=O)C(C)(C)Br. The van der Waals surface area contributed by atoms with E-state index in [-0.39, 0.29) is 36.9 Å². The lowest BCUT2D eigenvalue weighted by atomic mass is 10.2. The van der Waals surface area contributed by atoms with Crippen LogP contribution in [0.25, 0.3) is 0 Å². The predicted molar refractivity (Wildman–Crippen MR) is 155 cm³/mol. The Morgan fingerprint density at radius 3 is 1.66 bits per heavy atom. The molecule has 0 bridgehead atoms. The Kier molecular flexibility index (Phi) is 19.9. The molecule has 224 valence electrons. The van der Waals surface area contributed by atoms with Gasteiger partial charge in [0.15, 0.2) is 0 Å². The summed E-state index contributed by atoms with van der Waals surface area (Å²) in [6, 6.07) is 0. The number of alkyl halides is 1. The van der Waals surface area contributed by atoms with E-state index in [1.807, 2.05) is 44.9 Å². The van der Waals surface area contributed by atoms with E-state index in [2.05, 4.69) is 32.7 Å². The first kappa shape index (κ1) is 36.7. The van der Waals surface area contributed by atoms with Gasteiger partial charge in [-0.3, -0.25) is 19.3 Å². The van der Waals surface area contributed by atoms with Crippen molar-refractivity contribution < 1.29 is 28.6 Å². The van der Waals surface area contributed by atoms with E-state index in [1.165, 1.54) is 0 Å². The quantitative estimate of drug-likeness (QED) is 0.104. The molecule has 0 spiro atoms. The minimum absolute atomic E-state index is 0.226. The fourth-order valence-corrected chi connectivity index (χ4v) is 3.61. The summed E-state index contributed by atoms with van der Waals surface area (Å²) in [6.07, 6.45) is 2.17. The van der Waals surface area contributed by atoms with Crippen LogP contribution in [0, 0.1) is 0 Å². The minimum Gasteiger partial charge on any atom is -0.464 e. The summed E-state index contributed by atoms with van der Waals surface area (Å²) < 4.78 is 15.5. The van der Waals surface area contributed by atoms with E-state index in [1.54, 1.807) is 13.8 Å². The first-order chi connectivity index (χ1) is 17.7. The summed E-state index contributed by atoms with van der Waals surface area (Å²) in [4.78, 5) is 44.9. The average Bonchev–Trinajstić information content (AvgIpc) is 2.79. The molecule has 1 unspecified atom stereocenters. The van der Waals surface area contributed by atoms with E-state index in [0.717, 1.165) is 32.5 Å². The molecule has 0 amide bonds. The number of likely N-dealkylation sites (N-methyl/N-ethyl adjacent to an activating group) is 2. The van der Waals surface area contributed by atoms with Gasteiger partial charge >= 0.3 is 17.9 Å². The molecule has 0 aliphatic rings. The second-order valence-electron chi connectivity index (χ2n) is 10.7. The van der Waals surface area contributed by atoms with Crippen molar-refractivity contribution in [2.24, 2.45) is 0 Å². The first-order valence-corrected chi connectivity index (χ1v) is 14.5. The van der Waals surface area contributed by atoms with Crippen molar-refractivity contribution in [3.8, 4) is 0 Å². The number of ether oxygens (including phenoxy) is 3. The third-order valence-corrected chi connectivity index (χ3v) is 5.99. The van der Waals surface area contributed by atoms with Gasteiger partial charge in [-0.1, -0.05) is 22.9 Å². The lowest BCUT2D eigenvalue weighted by Gasteiger charge is -2.28. The predicted octanol–water partition coefficient (Wildman–Crippen LogP) is 2.49. The fraction of sp³-hybridized carbons (Fsp3) is 0.889. The first-order valence-electron chi connectivity index (χ1n) is 13.7. The van der Waals surface area contributed by atoms with Crippen LogP contribution < -0.4 is 0 Å². The second-order valence-corrected chi connectivity index (χ2v) is 12.7. The van der Waals surface area contributed by atoms with Crippen molar-refractivity contribution in [2.45, 2.75) is 63.8 Å². The van der Waals surface area contributed by atoms with Crippen molar-refractivity contribution in [3.05, 3.63) is 0 Å². The molecular weight excluding hydrogens is 556 g/mol. The summed E-state index contributed by atoms with van der Waals surface area (Å²) in [5.74, 6) is -0.741. The van der Waals surface area contributed by atoms with Crippen LogP contribution in [0.2, 0.25) is 0 Å². The standard InChI is InChI=1S/C27H53BrN4O6/c1-9-13-32(22-23(2)38-26(35)27(3,4)28)15-10-14-31(16-11-24(33)36-20-18-29(5)6)17-12-25(34)37-21-19-30(7)8/h23H,9-22H2,1-8H3. The molecule has 0 N–H and O–H groups in total. The summed E-state index contributed by atoms with van der Waals surface area (Å²) in [5.41, 5.74) is 0. The monoisotopic (exact) mass is 608 g/mol. The van der Waals surface area contributed by atoms with Crippen molar-refractivity contribution >= 4 is 33.8 Å². The summed E-state index contributed by atoms with van der Waals surface area (Å²) >= 11 is 3.35. The number of hydrogen-bond donors (Lipinski definition) is 0. The molecule has 11 heteroatoms. The minimum atomic E-state index is -0.710. The topological polar surface area (TPSA) is 91.9 Å². The molecule has 0 aliphatic carbocycles. The van der Waals surface area contributed by atoms with E-state index in [0.29, 0.717) is 45.9 Å². The summed E-state index contributed by atoms with van der Waals surface area (Å²) in [5, 5.41) is 0. The van der Waals surface area contributed by atoms with Crippen LogP contribution in [0.4, 0.5) is 0 Å². The highest BCUT2D eigenvalue weighted by molar-refractivity contribution is 9.10. The molecule has 0 aromatic carbocycles. The number of hydrogen-bond acceptors (Lipinski definition) is 10. The molecule has 0 saturated heterocycles. The number of rotatable bonds is 22. The van der Waals surface area contributed by atoms with Crippen LogP contribution in [-0.4, -0.2) is 142 Å². The van der Waals surface area contributed by atoms with Crippen LogP contribution in [0.3, 0.4) is 0 Å². The van der Waals surface area contributed by atoms with Crippen molar-refractivity contribution in [2.75, 3.05) is 93.8 Å². The molecular formula is C27H53BrN4O6. The number of halogens is 1. The van der Waals surface area contributed by atoms with Crippen molar-refractivity contribution in [3.63, 3.8) is 0 Å². The number of nitrogens with zero attached hydrogens (tertiary/aromatic N) is 4. The highest BCUT2D eigenvalue weighted by atomic mass is 79.9. The van der Waals surface area contributed by atoms with Crippen LogP contribution in [0.15, 0.2) is 0 Å². The Balaban J connectivity index is 4.84.